The van der Waals surface area contributed by atoms with Crippen LogP contribution in [0.15, 0.2) is 36.5 Å². The standard InChI is InChI=1S/C12H8ClFN2O3/c13-12-4-1-8(6-15-12)7-19-9-2-3-11(16(17)18)10(14)5-9/h1-6H,7H2. The van der Waals surface area contributed by atoms with E-state index < -0.39 is 16.4 Å². The zero-order chi connectivity index (χ0) is 13.8. The van der Waals surface area contributed by atoms with Crippen LogP contribution in [0.5, 0.6) is 5.75 Å². The predicted octanol–water partition coefficient (Wildman–Crippen LogP) is 3.36. The Morgan fingerprint density at radius 3 is 2.74 bits per heavy atom. The van der Waals surface area contributed by atoms with Gasteiger partial charge in [0, 0.05) is 23.9 Å². The summed E-state index contributed by atoms with van der Waals surface area (Å²) in [6, 6.07) is 6.70. The number of hydrogen-bond acceptors (Lipinski definition) is 4. The number of nitro benzene ring substituents is 1. The van der Waals surface area contributed by atoms with Gasteiger partial charge >= 0.3 is 5.69 Å². The molecule has 0 spiro atoms. The third-order valence-electron chi connectivity index (χ3n) is 2.31. The third-order valence-corrected chi connectivity index (χ3v) is 2.53. The molecule has 0 aliphatic rings. The van der Waals surface area contributed by atoms with Gasteiger partial charge in [-0.25, -0.2) is 4.98 Å². The topological polar surface area (TPSA) is 65.3 Å². The summed E-state index contributed by atoms with van der Waals surface area (Å²) in [7, 11) is 0. The normalized spacial score (nSPS) is 10.2. The monoisotopic (exact) mass is 282 g/mol. The van der Waals surface area contributed by atoms with E-state index >= 15 is 0 Å². The minimum absolute atomic E-state index is 0.168. The summed E-state index contributed by atoms with van der Waals surface area (Å²) in [5.41, 5.74) is 0.170. The largest absolute Gasteiger partial charge is 0.489 e. The Bertz CT molecular complexity index is 604. The molecule has 0 bridgehead atoms. The van der Waals surface area contributed by atoms with Crippen molar-refractivity contribution in [3.8, 4) is 5.75 Å². The number of halogens is 2. The Balaban J connectivity index is 2.06. The summed E-state index contributed by atoms with van der Waals surface area (Å²) < 4.78 is 18.6. The van der Waals surface area contributed by atoms with E-state index in [4.69, 9.17) is 16.3 Å². The molecular weight excluding hydrogens is 275 g/mol. The Morgan fingerprint density at radius 2 is 2.16 bits per heavy atom. The van der Waals surface area contributed by atoms with Crippen LogP contribution in [0, 0.1) is 15.9 Å². The van der Waals surface area contributed by atoms with Gasteiger partial charge in [0.1, 0.15) is 17.5 Å². The number of benzene rings is 1. The smallest absolute Gasteiger partial charge is 0.305 e. The fourth-order valence-electron chi connectivity index (χ4n) is 1.38. The van der Waals surface area contributed by atoms with Crippen molar-refractivity contribution in [2.45, 2.75) is 6.61 Å². The number of nitrogens with zero attached hydrogens (tertiary/aromatic N) is 2. The lowest BCUT2D eigenvalue weighted by molar-refractivity contribution is -0.387. The molecule has 0 radical (unpaired) electrons. The summed E-state index contributed by atoms with van der Waals surface area (Å²) in [4.78, 5) is 13.5. The minimum atomic E-state index is -0.934. The Labute approximate surface area is 112 Å². The Kier molecular flexibility index (Phi) is 3.91. The first-order valence-electron chi connectivity index (χ1n) is 5.23. The van der Waals surface area contributed by atoms with Gasteiger partial charge in [0.05, 0.1) is 4.92 Å². The van der Waals surface area contributed by atoms with Crippen molar-refractivity contribution < 1.29 is 14.1 Å². The van der Waals surface area contributed by atoms with E-state index in [0.717, 1.165) is 17.7 Å². The maximum Gasteiger partial charge on any atom is 0.305 e. The Morgan fingerprint density at radius 1 is 1.37 bits per heavy atom. The molecule has 0 amide bonds. The number of ether oxygens (including phenoxy) is 1. The highest BCUT2D eigenvalue weighted by atomic mass is 35.5. The average molecular weight is 283 g/mol. The predicted molar refractivity (Wildman–Crippen MR) is 66.6 cm³/mol. The Hall–Kier alpha value is -2.21. The highest BCUT2D eigenvalue weighted by Crippen LogP contribution is 2.23. The van der Waals surface area contributed by atoms with Crippen LogP contribution < -0.4 is 4.74 Å². The van der Waals surface area contributed by atoms with Crippen molar-refractivity contribution in [1.82, 2.24) is 4.98 Å². The van der Waals surface area contributed by atoms with Crippen LogP contribution in [0.2, 0.25) is 5.15 Å². The van der Waals surface area contributed by atoms with E-state index in [-0.39, 0.29) is 12.4 Å². The first-order valence-corrected chi connectivity index (χ1v) is 5.61. The van der Waals surface area contributed by atoms with Crippen molar-refractivity contribution >= 4 is 17.3 Å². The first-order chi connectivity index (χ1) is 9.06. The molecular formula is C12H8ClFN2O3. The van der Waals surface area contributed by atoms with Crippen LogP contribution in [-0.2, 0) is 6.61 Å². The quantitative estimate of drug-likeness (QED) is 0.490. The molecule has 0 unspecified atom stereocenters. The molecule has 5 nitrogen and oxygen atoms in total. The second kappa shape index (κ2) is 5.62. The van der Waals surface area contributed by atoms with Gasteiger partial charge in [-0.2, -0.15) is 4.39 Å². The zero-order valence-electron chi connectivity index (χ0n) is 9.55. The van der Waals surface area contributed by atoms with E-state index in [2.05, 4.69) is 4.98 Å². The SMILES string of the molecule is O=[N+]([O-])c1ccc(OCc2ccc(Cl)nc2)cc1F. The number of nitro groups is 1. The molecule has 0 aliphatic carbocycles. The van der Waals surface area contributed by atoms with E-state index in [9.17, 15) is 14.5 Å². The average Bonchev–Trinajstić information content (AvgIpc) is 2.37. The molecule has 0 fully saturated rings. The lowest BCUT2D eigenvalue weighted by atomic mass is 10.3. The van der Waals surface area contributed by atoms with E-state index in [1.165, 1.54) is 12.3 Å². The molecule has 0 saturated carbocycles. The van der Waals surface area contributed by atoms with Gasteiger partial charge in [-0.3, -0.25) is 10.1 Å². The van der Waals surface area contributed by atoms with E-state index in [1.54, 1.807) is 12.1 Å². The van der Waals surface area contributed by atoms with E-state index in [1.807, 2.05) is 0 Å². The zero-order valence-corrected chi connectivity index (χ0v) is 10.3. The summed E-state index contributed by atoms with van der Waals surface area (Å²) in [6.07, 6.45) is 1.53. The molecule has 0 saturated heterocycles. The molecule has 0 atom stereocenters. The molecule has 1 aromatic heterocycles. The molecule has 2 rings (SSSR count). The van der Waals surface area contributed by atoms with Crippen LogP contribution >= 0.6 is 11.6 Å². The number of pyridine rings is 1. The second-order valence-corrected chi connectivity index (χ2v) is 4.04. The molecule has 2 aromatic rings. The van der Waals surface area contributed by atoms with Crippen molar-refractivity contribution in [2.24, 2.45) is 0 Å². The molecule has 0 aliphatic heterocycles. The summed E-state index contributed by atoms with van der Waals surface area (Å²) >= 11 is 5.63. The molecule has 1 aromatic carbocycles. The van der Waals surface area contributed by atoms with Crippen LogP contribution in [0.3, 0.4) is 0 Å². The highest BCUT2D eigenvalue weighted by molar-refractivity contribution is 6.29. The number of aromatic nitrogens is 1. The van der Waals surface area contributed by atoms with Crippen molar-refractivity contribution in [1.29, 1.82) is 0 Å². The number of rotatable bonds is 4. The van der Waals surface area contributed by atoms with Crippen molar-refractivity contribution in [2.75, 3.05) is 0 Å². The fraction of sp³-hybridized carbons (Fsp3) is 0.0833. The molecule has 1 heterocycles. The van der Waals surface area contributed by atoms with Crippen LogP contribution in [-0.4, -0.2) is 9.91 Å². The van der Waals surface area contributed by atoms with Crippen molar-refractivity contribution in [3.05, 3.63) is 63.2 Å². The van der Waals surface area contributed by atoms with Crippen LogP contribution in [0.1, 0.15) is 5.56 Å². The minimum Gasteiger partial charge on any atom is -0.489 e. The highest BCUT2D eigenvalue weighted by Gasteiger charge is 2.14. The maximum absolute atomic E-state index is 13.3. The lowest BCUT2D eigenvalue weighted by Gasteiger charge is -2.06. The fourth-order valence-corrected chi connectivity index (χ4v) is 1.50. The summed E-state index contributed by atoms with van der Waals surface area (Å²) in [5, 5.41) is 10.8. The maximum atomic E-state index is 13.3. The number of hydrogen-bond donors (Lipinski definition) is 0. The van der Waals surface area contributed by atoms with Crippen molar-refractivity contribution in [3.63, 3.8) is 0 Å². The molecule has 0 N–H and O–H groups in total. The summed E-state index contributed by atoms with van der Waals surface area (Å²) in [5.74, 6) is -0.727. The molecule has 19 heavy (non-hydrogen) atoms. The van der Waals surface area contributed by atoms with Crippen LogP contribution in [0.25, 0.3) is 0 Å². The summed E-state index contributed by atoms with van der Waals surface area (Å²) in [6.45, 7) is 0.168. The third kappa shape index (κ3) is 3.38. The first kappa shape index (κ1) is 13.2. The van der Waals surface area contributed by atoms with Gasteiger partial charge in [0.15, 0.2) is 0 Å². The second-order valence-electron chi connectivity index (χ2n) is 3.65. The molecule has 98 valence electrons. The lowest BCUT2D eigenvalue weighted by Crippen LogP contribution is -1.98. The van der Waals surface area contributed by atoms with Gasteiger partial charge in [-0.15, -0.1) is 0 Å². The van der Waals surface area contributed by atoms with Gasteiger partial charge in [0.2, 0.25) is 5.82 Å². The van der Waals surface area contributed by atoms with Gasteiger partial charge in [-0.1, -0.05) is 17.7 Å². The molecule has 7 heteroatoms. The van der Waals surface area contributed by atoms with Gasteiger partial charge < -0.3 is 4.74 Å². The van der Waals surface area contributed by atoms with Crippen LogP contribution in [0.4, 0.5) is 10.1 Å². The van der Waals surface area contributed by atoms with Gasteiger partial charge in [-0.05, 0) is 12.1 Å². The van der Waals surface area contributed by atoms with E-state index in [0.29, 0.717) is 5.15 Å². The van der Waals surface area contributed by atoms with Gasteiger partial charge in [0.25, 0.3) is 0 Å².